The summed E-state index contributed by atoms with van der Waals surface area (Å²) in [5.41, 5.74) is 2.10. The number of ether oxygens (including phenoxy) is 1. The number of halogens is 1. The number of carbonyl (C=O) groups excluding carboxylic acids is 2. The Labute approximate surface area is 253 Å². The maximum absolute atomic E-state index is 14.1. The molecule has 2 amide bonds. The SMILES string of the molecule is CCOc1ccc(N(CC(=O)N(Cc2ccc(C)cc2)[C@@H](C)C(=O)NC2CCCCC2)S(=O)(=O)c2ccc(F)cc2)cc1. The molecule has 1 fully saturated rings. The Morgan fingerprint density at radius 1 is 0.953 bits per heavy atom. The van der Waals surface area contributed by atoms with Gasteiger partial charge in [-0.15, -0.1) is 0 Å². The molecule has 1 aliphatic carbocycles. The summed E-state index contributed by atoms with van der Waals surface area (Å²) in [6, 6.07) is 17.7. The molecule has 0 heterocycles. The second kappa shape index (κ2) is 14.5. The number of benzene rings is 3. The third-order valence-corrected chi connectivity index (χ3v) is 9.50. The second-order valence-electron chi connectivity index (χ2n) is 10.9. The average molecular weight is 610 g/mol. The molecule has 0 saturated heterocycles. The van der Waals surface area contributed by atoms with Crippen LogP contribution in [0.2, 0.25) is 0 Å². The van der Waals surface area contributed by atoms with Gasteiger partial charge in [-0.2, -0.15) is 0 Å². The predicted molar refractivity (Wildman–Crippen MR) is 165 cm³/mol. The number of sulfonamides is 1. The minimum Gasteiger partial charge on any atom is -0.494 e. The molecule has 0 radical (unpaired) electrons. The smallest absolute Gasteiger partial charge is 0.264 e. The third-order valence-electron chi connectivity index (χ3n) is 7.71. The minimum atomic E-state index is -4.29. The van der Waals surface area contributed by atoms with Crippen molar-refractivity contribution in [3.05, 3.63) is 89.7 Å². The maximum Gasteiger partial charge on any atom is 0.264 e. The van der Waals surface area contributed by atoms with Gasteiger partial charge in [-0.25, -0.2) is 12.8 Å². The summed E-state index contributed by atoms with van der Waals surface area (Å²) >= 11 is 0. The van der Waals surface area contributed by atoms with Crippen LogP contribution < -0.4 is 14.4 Å². The van der Waals surface area contributed by atoms with Crippen molar-refractivity contribution in [2.24, 2.45) is 0 Å². The number of nitrogens with one attached hydrogen (secondary N) is 1. The first kappa shape index (κ1) is 32.0. The molecule has 0 unspecified atom stereocenters. The van der Waals surface area contributed by atoms with Crippen molar-refractivity contribution in [1.82, 2.24) is 10.2 Å². The fourth-order valence-electron chi connectivity index (χ4n) is 5.18. The van der Waals surface area contributed by atoms with E-state index < -0.39 is 34.3 Å². The largest absolute Gasteiger partial charge is 0.494 e. The van der Waals surface area contributed by atoms with Crippen LogP contribution >= 0.6 is 0 Å². The first-order valence-electron chi connectivity index (χ1n) is 14.7. The highest BCUT2D eigenvalue weighted by atomic mass is 32.2. The van der Waals surface area contributed by atoms with Crippen molar-refractivity contribution < 1.29 is 27.1 Å². The van der Waals surface area contributed by atoms with E-state index in [0.29, 0.717) is 12.4 Å². The number of rotatable bonds is 12. The summed E-state index contributed by atoms with van der Waals surface area (Å²) < 4.78 is 48.0. The predicted octanol–water partition coefficient (Wildman–Crippen LogP) is 5.59. The van der Waals surface area contributed by atoms with Crippen LogP contribution in [0.3, 0.4) is 0 Å². The summed E-state index contributed by atoms with van der Waals surface area (Å²) in [5, 5.41) is 3.10. The Balaban J connectivity index is 1.67. The highest BCUT2D eigenvalue weighted by molar-refractivity contribution is 7.92. The summed E-state index contributed by atoms with van der Waals surface area (Å²) in [5.74, 6) is -0.858. The third kappa shape index (κ3) is 8.34. The molecule has 1 atom stereocenters. The standard InChI is InChI=1S/C33H40FN3O5S/c1-4-42-30-18-16-29(17-19-30)37(43(40,41)31-20-14-27(34)15-21-31)23-32(38)36(22-26-12-10-24(2)11-13-26)25(3)33(39)35-28-8-6-5-7-9-28/h10-21,25,28H,4-9,22-23H2,1-3H3,(H,35,39)/t25-/m0/s1. The number of hydrogen-bond donors (Lipinski definition) is 1. The van der Waals surface area contributed by atoms with Crippen LogP contribution in [-0.2, 0) is 26.2 Å². The van der Waals surface area contributed by atoms with Gasteiger partial charge in [-0.3, -0.25) is 13.9 Å². The van der Waals surface area contributed by atoms with Gasteiger partial charge in [0, 0.05) is 12.6 Å². The zero-order valence-electron chi connectivity index (χ0n) is 25.0. The van der Waals surface area contributed by atoms with E-state index in [4.69, 9.17) is 4.74 Å². The van der Waals surface area contributed by atoms with Crippen LogP contribution in [0.4, 0.5) is 10.1 Å². The van der Waals surface area contributed by atoms with E-state index in [2.05, 4.69) is 5.32 Å². The molecule has 4 rings (SSSR count). The van der Waals surface area contributed by atoms with Crippen LogP contribution in [-0.4, -0.2) is 50.4 Å². The van der Waals surface area contributed by atoms with E-state index in [1.165, 1.54) is 17.0 Å². The fourth-order valence-corrected chi connectivity index (χ4v) is 6.59. The second-order valence-corrected chi connectivity index (χ2v) is 12.8. The van der Waals surface area contributed by atoms with Gasteiger partial charge in [0.05, 0.1) is 17.2 Å². The highest BCUT2D eigenvalue weighted by Crippen LogP contribution is 2.27. The zero-order chi connectivity index (χ0) is 31.0. The molecule has 230 valence electrons. The monoisotopic (exact) mass is 609 g/mol. The van der Waals surface area contributed by atoms with Gasteiger partial charge >= 0.3 is 0 Å². The molecular formula is C33H40FN3O5S. The fraction of sp³-hybridized carbons (Fsp3) is 0.394. The number of hydrogen-bond acceptors (Lipinski definition) is 5. The maximum atomic E-state index is 14.1. The van der Waals surface area contributed by atoms with Crippen molar-refractivity contribution >= 4 is 27.5 Å². The Morgan fingerprint density at radius 2 is 1.58 bits per heavy atom. The molecule has 43 heavy (non-hydrogen) atoms. The average Bonchev–Trinajstić information content (AvgIpc) is 3.00. The van der Waals surface area contributed by atoms with Crippen molar-refractivity contribution in [2.75, 3.05) is 17.5 Å². The highest BCUT2D eigenvalue weighted by Gasteiger charge is 2.33. The Kier molecular flexibility index (Phi) is 10.8. The molecule has 3 aromatic carbocycles. The molecule has 3 aromatic rings. The normalized spacial score (nSPS) is 14.5. The Hall–Kier alpha value is -3.92. The first-order chi connectivity index (χ1) is 20.6. The molecule has 10 heteroatoms. The van der Waals surface area contributed by atoms with Crippen LogP contribution in [0.1, 0.15) is 57.1 Å². The topological polar surface area (TPSA) is 96.0 Å². The molecule has 8 nitrogen and oxygen atoms in total. The molecule has 1 saturated carbocycles. The summed E-state index contributed by atoms with van der Waals surface area (Å²) in [6.07, 6.45) is 5.02. The molecule has 0 aromatic heterocycles. The Morgan fingerprint density at radius 3 is 2.19 bits per heavy atom. The van der Waals surface area contributed by atoms with Crippen LogP contribution in [0.5, 0.6) is 5.75 Å². The number of aryl methyl sites for hydroxylation is 1. The zero-order valence-corrected chi connectivity index (χ0v) is 25.8. The van der Waals surface area contributed by atoms with Crippen LogP contribution in [0.15, 0.2) is 77.7 Å². The number of carbonyl (C=O) groups is 2. The van der Waals surface area contributed by atoms with E-state index >= 15 is 0 Å². The molecule has 1 N–H and O–H groups in total. The van der Waals surface area contributed by atoms with Gasteiger partial charge in [0.25, 0.3) is 10.0 Å². The number of anilines is 1. The molecule has 0 aliphatic heterocycles. The van der Waals surface area contributed by atoms with Gasteiger partial charge in [0.2, 0.25) is 11.8 Å². The van der Waals surface area contributed by atoms with Gasteiger partial charge < -0.3 is 15.0 Å². The summed E-state index contributed by atoms with van der Waals surface area (Å²) in [6.45, 7) is 5.45. The summed E-state index contributed by atoms with van der Waals surface area (Å²) in [7, 11) is -4.29. The van der Waals surface area contributed by atoms with E-state index in [1.54, 1.807) is 31.2 Å². The first-order valence-corrected chi connectivity index (χ1v) is 16.2. The summed E-state index contributed by atoms with van der Waals surface area (Å²) in [4.78, 5) is 28.8. The lowest BCUT2D eigenvalue weighted by atomic mass is 9.95. The van der Waals surface area contributed by atoms with Gasteiger partial charge in [0.15, 0.2) is 0 Å². The van der Waals surface area contributed by atoms with Crippen molar-refractivity contribution in [3.63, 3.8) is 0 Å². The van der Waals surface area contributed by atoms with E-state index in [-0.39, 0.29) is 29.1 Å². The van der Waals surface area contributed by atoms with E-state index in [9.17, 15) is 22.4 Å². The van der Waals surface area contributed by atoms with Crippen molar-refractivity contribution in [3.8, 4) is 5.75 Å². The van der Waals surface area contributed by atoms with E-state index in [0.717, 1.165) is 59.7 Å². The quantitative estimate of drug-likeness (QED) is 0.289. The van der Waals surface area contributed by atoms with Gasteiger partial charge in [-0.05, 0) is 87.7 Å². The lowest BCUT2D eigenvalue weighted by Crippen LogP contribution is -2.53. The molecule has 0 spiro atoms. The van der Waals surface area contributed by atoms with E-state index in [1.807, 2.05) is 38.1 Å². The van der Waals surface area contributed by atoms with Gasteiger partial charge in [-0.1, -0.05) is 49.1 Å². The molecular weight excluding hydrogens is 569 g/mol. The molecule has 0 bridgehead atoms. The van der Waals surface area contributed by atoms with Crippen molar-refractivity contribution in [2.45, 2.75) is 76.4 Å². The van der Waals surface area contributed by atoms with Crippen molar-refractivity contribution in [1.29, 1.82) is 0 Å². The lowest BCUT2D eigenvalue weighted by molar-refractivity contribution is -0.139. The number of nitrogens with zero attached hydrogens (tertiary/aromatic N) is 2. The van der Waals surface area contributed by atoms with Crippen LogP contribution in [0.25, 0.3) is 0 Å². The number of amides is 2. The van der Waals surface area contributed by atoms with Crippen LogP contribution in [0, 0.1) is 12.7 Å². The lowest BCUT2D eigenvalue weighted by Gasteiger charge is -2.33. The minimum absolute atomic E-state index is 0.0548. The molecule has 1 aliphatic rings. The Bertz CT molecular complexity index is 1470. The van der Waals surface area contributed by atoms with Gasteiger partial charge in [0.1, 0.15) is 24.2 Å².